The first-order chi connectivity index (χ1) is 12.1. The molecule has 0 saturated heterocycles. The molecule has 0 spiro atoms. The Kier molecular flexibility index (Phi) is 5.07. The molecule has 2 aromatic rings. The third-order valence-electron chi connectivity index (χ3n) is 4.40. The smallest absolute Gasteiger partial charge is 0.273 e. The zero-order valence-electron chi connectivity index (χ0n) is 14.9. The fraction of sp³-hybridized carbons (Fsp3) is 0.389. The Morgan fingerprint density at radius 3 is 2.73 bits per heavy atom. The topological polar surface area (TPSA) is 66.5 Å². The van der Waals surface area contributed by atoms with Crippen LogP contribution < -0.4 is 9.62 Å². The van der Waals surface area contributed by atoms with Gasteiger partial charge in [0.05, 0.1) is 5.69 Å². The van der Waals surface area contributed by atoms with E-state index in [-0.39, 0.29) is 11.3 Å². The Bertz CT molecular complexity index is 951. The first-order valence-corrected chi connectivity index (χ1v) is 10.9. The SMILES string of the molecule is CC(=O)NCCc1ccc(S(=O)(=O)N2CC(C)(C)c3c(Cl)cccc32)s1. The summed E-state index contributed by atoms with van der Waals surface area (Å²) in [6.45, 7) is 6.31. The summed E-state index contributed by atoms with van der Waals surface area (Å²) < 4.78 is 28.2. The van der Waals surface area contributed by atoms with Crippen molar-refractivity contribution in [3.05, 3.63) is 45.8 Å². The third kappa shape index (κ3) is 3.48. The number of halogens is 1. The molecular formula is C18H21ClN2O3S2. The van der Waals surface area contributed by atoms with Crippen LogP contribution in [0.4, 0.5) is 5.69 Å². The zero-order valence-corrected chi connectivity index (χ0v) is 17.3. The standard InChI is InChI=1S/C18H21ClN2O3S2/c1-12(22)20-10-9-13-7-8-16(25-13)26(23,24)21-11-18(2,3)17-14(19)5-4-6-15(17)21/h4-8H,9-11H2,1-3H3,(H,20,22). The number of rotatable bonds is 5. The van der Waals surface area contributed by atoms with Crippen molar-refractivity contribution in [1.82, 2.24) is 5.32 Å². The van der Waals surface area contributed by atoms with Crippen LogP contribution in [0.25, 0.3) is 0 Å². The summed E-state index contributed by atoms with van der Waals surface area (Å²) in [7, 11) is -3.65. The highest BCUT2D eigenvalue weighted by molar-refractivity contribution is 7.94. The zero-order chi connectivity index (χ0) is 19.1. The quantitative estimate of drug-likeness (QED) is 0.816. The van der Waals surface area contributed by atoms with E-state index in [1.165, 1.54) is 22.6 Å². The molecule has 8 heteroatoms. The molecule has 1 aliphatic rings. The second kappa shape index (κ2) is 6.87. The minimum atomic E-state index is -3.65. The van der Waals surface area contributed by atoms with E-state index in [9.17, 15) is 13.2 Å². The molecule has 0 fully saturated rings. The molecule has 0 atom stereocenters. The number of carbonyl (C=O) groups is 1. The molecule has 1 aliphatic heterocycles. The number of fused-ring (bicyclic) bond motifs is 1. The van der Waals surface area contributed by atoms with Crippen LogP contribution in [0.2, 0.25) is 5.02 Å². The molecule has 0 aliphatic carbocycles. The van der Waals surface area contributed by atoms with Gasteiger partial charge in [-0.25, -0.2) is 8.42 Å². The van der Waals surface area contributed by atoms with E-state index in [1.807, 2.05) is 13.8 Å². The lowest BCUT2D eigenvalue weighted by atomic mass is 9.87. The summed E-state index contributed by atoms with van der Waals surface area (Å²) in [5.41, 5.74) is 1.16. The number of thiophene rings is 1. The van der Waals surface area contributed by atoms with Crippen molar-refractivity contribution in [1.29, 1.82) is 0 Å². The lowest BCUT2D eigenvalue weighted by Gasteiger charge is -2.21. The van der Waals surface area contributed by atoms with Gasteiger partial charge in [0.2, 0.25) is 5.91 Å². The number of sulfonamides is 1. The Labute approximate surface area is 163 Å². The maximum atomic E-state index is 13.2. The predicted molar refractivity (Wildman–Crippen MR) is 106 cm³/mol. The predicted octanol–water partition coefficient (Wildman–Crippen LogP) is 3.57. The van der Waals surface area contributed by atoms with Gasteiger partial charge in [0.25, 0.3) is 10.0 Å². The van der Waals surface area contributed by atoms with Gasteiger partial charge in [0.1, 0.15) is 4.21 Å². The second-order valence-electron chi connectivity index (χ2n) is 6.98. The fourth-order valence-corrected chi connectivity index (χ4v) is 6.76. The van der Waals surface area contributed by atoms with Crippen LogP contribution in [0.1, 0.15) is 31.2 Å². The molecule has 1 aromatic heterocycles. The summed E-state index contributed by atoms with van der Waals surface area (Å²) in [5, 5.41) is 3.31. The van der Waals surface area contributed by atoms with Crippen molar-refractivity contribution in [3.8, 4) is 0 Å². The van der Waals surface area contributed by atoms with Crippen LogP contribution in [0.5, 0.6) is 0 Å². The maximum Gasteiger partial charge on any atom is 0.273 e. The number of hydrogen-bond donors (Lipinski definition) is 1. The molecule has 1 aromatic carbocycles. The van der Waals surface area contributed by atoms with Gasteiger partial charge in [-0.15, -0.1) is 11.3 Å². The van der Waals surface area contributed by atoms with Gasteiger partial charge in [-0.3, -0.25) is 9.10 Å². The average molecular weight is 413 g/mol. The largest absolute Gasteiger partial charge is 0.356 e. The van der Waals surface area contributed by atoms with Gasteiger partial charge in [-0.1, -0.05) is 31.5 Å². The minimum absolute atomic E-state index is 0.0952. The van der Waals surface area contributed by atoms with Crippen LogP contribution in [0.3, 0.4) is 0 Å². The molecule has 0 unspecified atom stereocenters. The van der Waals surface area contributed by atoms with Gasteiger partial charge in [-0.2, -0.15) is 0 Å². The first-order valence-electron chi connectivity index (χ1n) is 8.28. The van der Waals surface area contributed by atoms with Crippen LogP contribution >= 0.6 is 22.9 Å². The van der Waals surface area contributed by atoms with E-state index >= 15 is 0 Å². The molecule has 26 heavy (non-hydrogen) atoms. The summed E-state index contributed by atoms with van der Waals surface area (Å²) in [4.78, 5) is 11.9. The Balaban J connectivity index is 1.90. The fourth-order valence-electron chi connectivity index (χ4n) is 3.23. The van der Waals surface area contributed by atoms with E-state index in [2.05, 4.69) is 5.32 Å². The highest BCUT2D eigenvalue weighted by Crippen LogP contribution is 2.46. The van der Waals surface area contributed by atoms with Crippen molar-refractivity contribution in [3.63, 3.8) is 0 Å². The Hall–Kier alpha value is -1.57. The maximum absolute atomic E-state index is 13.2. The van der Waals surface area contributed by atoms with Crippen molar-refractivity contribution >= 4 is 44.6 Å². The van der Waals surface area contributed by atoms with Crippen LogP contribution in [-0.4, -0.2) is 27.4 Å². The molecule has 2 heterocycles. The number of hydrogen-bond acceptors (Lipinski definition) is 4. The van der Waals surface area contributed by atoms with E-state index in [0.717, 1.165) is 10.4 Å². The average Bonchev–Trinajstić information content (AvgIpc) is 3.11. The molecule has 5 nitrogen and oxygen atoms in total. The van der Waals surface area contributed by atoms with Crippen molar-refractivity contribution < 1.29 is 13.2 Å². The van der Waals surface area contributed by atoms with Gasteiger partial charge < -0.3 is 5.32 Å². The number of anilines is 1. The number of benzene rings is 1. The van der Waals surface area contributed by atoms with Crippen LogP contribution in [0.15, 0.2) is 34.5 Å². The van der Waals surface area contributed by atoms with Gasteiger partial charge in [0.15, 0.2) is 0 Å². The van der Waals surface area contributed by atoms with E-state index < -0.39 is 10.0 Å². The van der Waals surface area contributed by atoms with Crippen LogP contribution in [-0.2, 0) is 26.7 Å². The Morgan fingerprint density at radius 1 is 1.31 bits per heavy atom. The number of carbonyl (C=O) groups excluding carboxylic acids is 1. The highest BCUT2D eigenvalue weighted by Gasteiger charge is 2.42. The molecule has 0 saturated carbocycles. The van der Waals surface area contributed by atoms with Gasteiger partial charge in [0, 0.05) is 40.9 Å². The molecule has 1 N–H and O–H groups in total. The third-order valence-corrected chi connectivity index (χ3v) is 8.09. The second-order valence-corrected chi connectivity index (χ2v) is 10.6. The van der Waals surface area contributed by atoms with Gasteiger partial charge in [-0.05, 0) is 30.7 Å². The monoisotopic (exact) mass is 412 g/mol. The van der Waals surface area contributed by atoms with E-state index in [4.69, 9.17) is 11.6 Å². The molecule has 140 valence electrons. The van der Waals surface area contributed by atoms with Gasteiger partial charge >= 0.3 is 0 Å². The number of nitrogens with zero attached hydrogens (tertiary/aromatic N) is 1. The van der Waals surface area contributed by atoms with Crippen LogP contribution in [0, 0.1) is 0 Å². The normalized spacial score (nSPS) is 15.8. The number of nitrogens with one attached hydrogen (secondary N) is 1. The summed E-state index contributed by atoms with van der Waals surface area (Å²) in [6.07, 6.45) is 0.605. The summed E-state index contributed by atoms with van der Waals surface area (Å²) >= 11 is 7.59. The molecule has 3 rings (SSSR count). The van der Waals surface area contributed by atoms with Crippen molar-refractivity contribution in [2.75, 3.05) is 17.4 Å². The van der Waals surface area contributed by atoms with E-state index in [1.54, 1.807) is 30.3 Å². The molecule has 1 amide bonds. The first kappa shape index (κ1) is 19.2. The van der Waals surface area contributed by atoms with Crippen molar-refractivity contribution in [2.24, 2.45) is 0 Å². The van der Waals surface area contributed by atoms with Crippen molar-refractivity contribution in [2.45, 2.75) is 36.8 Å². The summed E-state index contributed by atoms with van der Waals surface area (Å²) in [5.74, 6) is -0.0952. The number of amides is 1. The van der Waals surface area contributed by atoms with E-state index in [0.29, 0.717) is 34.4 Å². The lowest BCUT2D eigenvalue weighted by molar-refractivity contribution is -0.118. The molecule has 0 radical (unpaired) electrons. The molecule has 0 bridgehead atoms. The molecular weight excluding hydrogens is 392 g/mol. The lowest BCUT2D eigenvalue weighted by Crippen LogP contribution is -2.33. The minimum Gasteiger partial charge on any atom is -0.356 e. The Morgan fingerprint density at radius 2 is 2.04 bits per heavy atom. The highest BCUT2D eigenvalue weighted by atomic mass is 35.5. The summed E-state index contributed by atoms with van der Waals surface area (Å²) in [6, 6.07) is 8.82.